The van der Waals surface area contributed by atoms with Crippen LogP contribution in [0.4, 0.5) is 11.6 Å². The van der Waals surface area contributed by atoms with Gasteiger partial charge >= 0.3 is 0 Å². The van der Waals surface area contributed by atoms with Gasteiger partial charge in [0.2, 0.25) is 0 Å². The Balaban J connectivity index is 1.94. The van der Waals surface area contributed by atoms with Crippen LogP contribution in [0.25, 0.3) is 0 Å². The number of rotatable bonds is 5. The zero-order valence-electron chi connectivity index (χ0n) is 10.6. The molecule has 1 atom stereocenters. The van der Waals surface area contributed by atoms with Gasteiger partial charge in [-0.1, -0.05) is 11.8 Å². The van der Waals surface area contributed by atoms with Gasteiger partial charge in [-0.05, 0) is 6.26 Å². The topological polar surface area (TPSA) is 68.3 Å². The molecule has 18 heavy (non-hydrogen) atoms. The van der Waals surface area contributed by atoms with Gasteiger partial charge in [0.15, 0.2) is 5.16 Å². The molecule has 0 saturated carbocycles. The van der Waals surface area contributed by atoms with Gasteiger partial charge in [-0.15, -0.1) is 0 Å². The zero-order chi connectivity index (χ0) is 12.8. The van der Waals surface area contributed by atoms with Crippen LogP contribution in [0.2, 0.25) is 0 Å². The zero-order valence-corrected chi connectivity index (χ0v) is 11.4. The first-order valence-electron chi connectivity index (χ1n) is 5.86. The fourth-order valence-corrected chi connectivity index (χ4v) is 1.99. The summed E-state index contributed by atoms with van der Waals surface area (Å²) in [7, 11) is 1.84. The van der Waals surface area contributed by atoms with Crippen molar-refractivity contribution in [2.24, 2.45) is 0 Å². The number of hydrogen-bond acceptors (Lipinski definition) is 7. The summed E-state index contributed by atoms with van der Waals surface area (Å²) in [6.45, 7) is 2.67. The smallest absolute Gasteiger partial charge is 0.191 e. The van der Waals surface area contributed by atoms with Crippen molar-refractivity contribution in [3.63, 3.8) is 0 Å². The van der Waals surface area contributed by atoms with Crippen molar-refractivity contribution in [2.75, 3.05) is 50.3 Å². The molecule has 2 rings (SSSR count). The average molecular weight is 270 g/mol. The Bertz CT molecular complexity index is 363. The molecule has 1 aromatic heterocycles. The lowest BCUT2D eigenvalue weighted by molar-refractivity contribution is -0.0819. The van der Waals surface area contributed by atoms with E-state index in [4.69, 9.17) is 9.47 Å². The van der Waals surface area contributed by atoms with E-state index >= 15 is 0 Å². The molecule has 1 aliphatic heterocycles. The summed E-state index contributed by atoms with van der Waals surface area (Å²) in [5.41, 5.74) is 0. The number of aromatic nitrogens is 2. The lowest BCUT2D eigenvalue weighted by atomic mass is 10.3. The van der Waals surface area contributed by atoms with Crippen molar-refractivity contribution < 1.29 is 9.47 Å². The minimum atomic E-state index is 0.0875. The summed E-state index contributed by atoms with van der Waals surface area (Å²) in [6.07, 6.45) is 2.04. The van der Waals surface area contributed by atoms with Crippen LogP contribution in [-0.2, 0) is 9.47 Å². The lowest BCUT2D eigenvalue weighted by Gasteiger charge is -2.23. The van der Waals surface area contributed by atoms with E-state index in [2.05, 4.69) is 20.6 Å². The van der Waals surface area contributed by atoms with Gasteiger partial charge in [-0.25, -0.2) is 9.97 Å². The second-order valence-electron chi connectivity index (χ2n) is 3.82. The molecular formula is C11H18N4O2S. The highest BCUT2D eigenvalue weighted by Crippen LogP contribution is 2.17. The SMILES string of the molecule is CNc1cc(NCC2COCCO2)nc(SC)n1. The number of nitrogens with zero attached hydrogens (tertiary/aromatic N) is 2. The lowest BCUT2D eigenvalue weighted by Crippen LogP contribution is -2.34. The first-order chi connectivity index (χ1) is 8.81. The average Bonchev–Trinajstić information content (AvgIpc) is 2.45. The molecule has 100 valence electrons. The fraction of sp³-hybridized carbons (Fsp3) is 0.636. The van der Waals surface area contributed by atoms with Crippen molar-refractivity contribution in [1.82, 2.24) is 9.97 Å². The number of thioether (sulfide) groups is 1. The molecule has 6 nitrogen and oxygen atoms in total. The van der Waals surface area contributed by atoms with Crippen molar-refractivity contribution in [2.45, 2.75) is 11.3 Å². The van der Waals surface area contributed by atoms with Gasteiger partial charge in [0.1, 0.15) is 11.6 Å². The molecule has 1 fully saturated rings. The first-order valence-corrected chi connectivity index (χ1v) is 7.08. The highest BCUT2D eigenvalue weighted by Gasteiger charge is 2.14. The van der Waals surface area contributed by atoms with Gasteiger partial charge in [0.05, 0.1) is 25.9 Å². The Morgan fingerprint density at radius 2 is 2.22 bits per heavy atom. The minimum Gasteiger partial charge on any atom is -0.376 e. The van der Waals surface area contributed by atoms with Gasteiger partial charge < -0.3 is 20.1 Å². The van der Waals surface area contributed by atoms with Crippen LogP contribution in [0.1, 0.15) is 0 Å². The monoisotopic (exact) mass is 270 g/mol. The van der Waals surface area contributed by atoms with E-state index in [1.165, 1.54) is 11.8 Å². The molecule has 7 heteroatoms. The van der Waals surface area contributed by atoms with Crippen LogP contribution < -0.4 is 10.6 Å². The van der Waals surface area contributed by atoms with E-state index in [1.807, 2.05) is 19.4 Å². The summed E-state index contributed by atoms with van der Waals surface area (Å²) in [4.78, 5) is 8.70. The highest BCUT2D eigenvalue weighted by atomic mass is 32.2. The van der Waals surface area contributed by atoms with Gasteiger partial charge in [-0.3, -0.25) is 0 Å². The molecule has 2 heterocycles. The van der Waals surface area contributed by atoms with Crippen molar-refractivity contribution in [1.29, 1.82) is 0 Å². The molecule has 0 amide bonds. The molecule has 1 aromatic rings. The molecule has 2 N–H and O–H groups in total. The van der Waals surface area contributed by atoms with E-state index in [9.17, 15) is 0 Å². The third-order valence-electron chi connectivity index (χ3n) is 2.54. The van der Waals surface area contributed by atoms with Gasteiger partial charge in [0.25, 0.3) is 0 Å². The van der Waals surface area contributed by atoms with Gasteiger partial charge in [-0.2, -0.15) is 0 Å². The van der Waals surface area contributed by atoms with Crippen LogP contribution in [0.5, 0.6) is 0 Å². The summed E-state index contributed by atoms with van der Waals surface area (Å²) >= 11 is 1.52. The first kappa shape index (κ1) is 13.4. The van der Waals surface area contributed by atoms with Crippen LogP contribution >= 0.6 is 11.8 Å². The maximum atomic E-state index is 5.56. The van der Waals surface area contributed by atoms with Crippen molar-refractivity contribution in [3.05, 3.63) is 6.07 Å². The van der Waals surface area contributed by atoms with Gasteiger partial charge in [0, 0.05) is 19.7 Å². The summed E-state index contributed by atoms with van der Waals surface area (Å²) in [5, 5.41) is 7.01. The minimum absolute atomic E-state index is 0.0875. The summed E-state index contributed by atoms with van der Waals surface area (Å²) in [6, 6.07) is 1.88. The maximum Gasteiger partial charge on any atom is 0.191 e. The molecule has 0 aromatic carbocycles. The summed E-state index contributed by atoms with van der Waals surface area (Å²) < 4.78 is 10.9. The quantitative estimate of drug-likeness (QED) is 0.612. The third kappa shape index (κ3) is 3.72. The molecular weight excluding hydrogens is 252 g/mol. The Morgan fingerprint density at radius 1 is 1.39 bits per heavy atom. The normalized spacial score (nSPS) is 19.6. The molecule has 0 bridgehead atoms. The van der Waals surface area contributed by atoms with E-state index in [1.54, 1.807) is 0 Å². The Hall–Kier alpha value is -1.05. The molecule has 1 unspecified atom stereocenters. The van der Waals surface area contributed by atoms with Crippen molar-refractivity contribution >= 4 is 23.4 Å². The van der Waals surface area contributed by atoms with E-state index in [0.717, 1.165) is 16.8 Å². The summed E-state index contributed by atoms with van der Waals surface area (Å²) in [5.74, 6) is 1.60. The molecule has 0 spiro atoms. The third-order valence-corrected chi connectivity index (χ3v) is 3.09. The number of hydrogen-bond donors (Lipinski definition) is 2. The van der Waals surface area contributed by atoms with E-state index in [0.29, 0.717) is 26.4 Å². The Kier molecular flexibility index (Phi) is 5.03. The highest BCUT2D eigenvalue weighted by molar-refractivity contribution is 7.98. The Labute approximate surface area is 111 Å². The number of ether oxygens (including phenoxy) is 2. The predicted molar refractivity (Wildman–Crippen MR) is 72.4 cm³/mol. The van der Waals surface area contributed by atoms with Crippen LogP contribution in [-0.4, -0.2) is 55.7 Å². The fourth-order valence-electron chi connectivity index (χ4n) is 1.61. The van der Waals surface area contributed by atoms with E-state index in [-0.39, 0.29) is 6.10 Å². The second kappa shape index (κ2) is 6.77. The molecule has 1 saturated heterocycles. The maximum absolute atomic E-state index is 5.56. The number of anilines is 2. The van der Waals surface area contributed by atoms with Crippen LogP contribution in [0, 0.1) is 0 Å². The van der Waals surface area contributed by atoms with Crippen LogP contribution in [0.15, 0.2) is 11.2 Å². The molecule has 0 radical (unpaired) electrons. The largest absolute Gasteiger partial charge is 0.376 e. The van der Waals surface area contributed by atoms with E-state index < -0.39 is 0 Å². The Morgan fingerprint density at radius 3 is 2.89 bits per heavy atom. The predicted octanol–water partition coefficient (Wildman–Crippen LogP) is 1.07. The molecule has 0 aliphatic carbocycles. The van der Waals surface area contributed by atoms with Crippen molar-refractivity contribution in [3.8, 4) is 0 Å². The standard InChI is InChI=1S/C11H18N4O2S/c1-12-9-5-10(15-11(14-9)18-2)13-6-8-7-16-3-4-17-8/h5,8H,3-4,6-7H2,1-2H3,(H2,12,13,14,15). The number of nitrogens with one attached hydrogen (secondary N) is 2. The van der Waals surface area contributed by atoms with Crippen LogP contribution in [0.3, 0.4) is 0 Å². The molecule has 1 aliphatic rings. The second-order valence-corrected chi connectivity index (χ2v) is 4.60.